The van der Waals surface area contributed by atoms with Crippen LogP contribution in [0.5, 0.6) is 0 Å². The Hall–Kier alpha value is -2.83. The molecule has 1 saturated heterocycles. The van der Waals surface area contributed by atoms with Gasteiger partial charge in [0.1, 0.15) is 0 Å². The molecule has 0 saturated carbocycles. The maximum atomic E-state index is 11.8. The molecule has 156 valence electrons. The maximum absolute atomic E-state index is 11.8. The van der Waals surface area contributed by atoms with E-state index < -0.39 is 0 Å². The lowest BCUT2D eigenvalue weighted by molar-refractivity contribution is -0.128. The van der Waals surface area contributed by atoms with Crippen LogP contribution in [0.1, 0.15) is 41.8 Å². The van der Waals surface area contributed by atoms with E-state index in [1.54, 1.807) is 7.05 Å². The number of carbonyl (C=O) groups excluding carboxylic acids is 1. The Kier molecular flexibility index (Phi) is 7.27. The van der Waals surface area contributed by atoms with E-state index in [4.69, 9.17) is 0 Å². The summed E-state index contributed by atoms with van der Waals surface area (Å²) in [5, 5.41) is 11.2. The first-order chi connectivity index (χ1) is 14.0. The SMILES string of the molecule is CN=C(NCCCn1nc(C)cc1C)NCc1ccc(CN2CCCC2=O)cc1. The van der Waals surface area contributed by atoms with Crippen LogP contribution in [0.4, 0.5) is 0 Å². The second-order valence-electron chi connectivity index (χ2n) is 7.59. The number of hydrogen-bond donors (Lipinski definition) is 2. The fourth-order valence-electron chi connectivity index (χ4n) is 3.60. The molecule has 0 aliphatic carbocycles. The number of hydrogen-bond acceptors (Lipinski definition) is 3. The summed E-state index contributed by atoms with van der Waals surface area (Å²) in [5.41, 5.74) is 4.62. The highest BCUT2D eigenvalue weighted by Gasteiger charge is 2.19. The molecular formula is C22H32N6O. The molecule has 2 aromatic rings. The summed E-state index contributed by atoms with van der Waals surface area (Å²) in [6.07, 6.45) is 2.65. The topological polar surface area (TPSA) is 74.6 Å². The predicted molar refractivity (Wildman–Crippen MR) is 116 cm³/mol. The van der Waals surface area contributed by atoms with E-state index in [9.17, 15) is 4.79 Å². The van der Waals surface area contributed by atoms with Crippen molar-refractivity contribution in [1.29, 1.82) is 0 Å². The molecule has 3 rings (SSSR count). The van der Waals surface area contributed by atoms with Gasteiger partial charge in [-0.2, -0.15) is 5.10 Å². The lowest BCUT2D eigenvalue weighted by atomic mass is 10.1. The number of aliphatic imine (C=N–C) groups is 1. The van der Waals surface area contributed by atoms with Crippen LogP contribution in [-0.4, -0.2) is 46.7 Å². The second kappa shape index (κ2) is 10.1. The van der Waals surface area contributed by atoms with Crippen molar-refractivity contribution in [3.05, 3.63) is 52.8 Å². The molecule has 0 radical (unpaired) electrons. The van der Waals surface area contributed by atoms with Gasteiger partial charge in [0.2, 0.25) is 5.91 Å². The zero-order valence-corrected chi connectivity index (χ0v) is 17.7. The minimum Gasteiger partial charge on any atom is -0.356 e. The van der Waals surface area contributed by atoms with E-state index in [2.05, 4.69) is 58.0 Å². The number of benzene rings is 1. The van der Waals surface area contributed by atoms with Gasteiger partial charge in [-0.1, -0.05) is 24.3 Å². The van der Waals surface area contributed by atoms with Crippen molar-refractivity contribution >= 4 is 11.9 Å². The van der Waals surface area contributed by atoms with Gasteiger partial charge < -0.3 is 15.5 Å². The van der Waals surface area contributed by atoms with Gasteiger partial charge in [0, 0.05) is 51.9 Å². The van der Waals surface area contributed by atoms with Gasteiger partial charge in [-0.05, 0) is 43.9 Å². The molecule has 0 unspecified atom stereocenters. The van der Waals surface area contributed by atoms with Crippen LogP contribution in [0.3, 0.4) is 0 Å². The van der Waals surface area contributed by atoms with Gasteiger partial charge >= 0.3 is 0 Å². The van der Waals surface area contributed by atoms with E-state index >= 15 is 0 Å². The van der Waals surface area contributed by atoms with Crippen LogP contribution in [0.25, 0.3) is 0 Å². The number of likely N-dealkylation sites (tertiary alicyclic amines) is 1. The van der Waals surface area contributed by atoms with Crippen molar-refractivity contribution in [3.8, 4) is 0 Å². The smallest absolute Gasteiger partial charge is 0.222 e. The predicted octanol–water partition coefficient (Wildman–Crippen LogP) is 2.38. The maximum Gasteiger partial charge on any atom is 0.222 e. The Morgan fingerprint density at radius 1 is 1.17 bits per heavy atom. The van der Waals surface area contributed by atoms with Gasteiger partial charge in [-0.15, -0.1) is 0 Å². The van der Waals surface area contributed by atoms with Crippen LogP contribution >= 0.6 is 0 Å². The number of amides is 1. The fourth-order valence-corrected chi connectivity index (χ4v) is 3.60. The van der Waals surface area contributed by atoms with Gasteiger partial charge in [0.05, 0.1) is 5.69 Å². The second-order valence-corrected chi connectivity index (χ2v) is 7.59. The first-order valence-electron chi connectivity index (χ1n) is 10.4. The van der Waals surface area contributed by atoms with Crippen LogP contribution in [0.2, 0.25) is 0 Å². The Morgan fingerprint density at radius 3 is 2.55 bits per heavy atom. The van der Waals surface area contributed by atoms with E-state index in [1.165, 1.54) is 16.8 Å². The number of nitrogens with zero attached hydrogens (tertiary/aromatic N) is 4. The van der Waals surface area contributed by atoms with E-state index in [0.29, 0.717) is 19.5 Å². The number of aryl methyl sites for hydroxylation is 3. The molecule has 1 aliphatic rings. The summed E-state index contributed by atoms with van der Waals surface area (Å²) in [6, 6.07) is 10.5. The molecule has 29 heavy (non-hydrogen) atoms. The third-order valence-electron chi connectivity index (χ3n) is 5.19. The molecular weight excluding hydrogens is 364 g/mol. The molecule has 2 heterocycles. The lowest BCUT2D eigenvalue weighted by Crippen LogP contribution is -2.37. The Morgan fingerprint density at radius 2 is 1.93 bits per heavy atom. The standard InChI is InChI=1S/C22H32N6O/c1-17-14-18(2)28(26-17)13-5-11-24-22(23-3)25-15-19-7-9-20(10-8-19)16-27-12-4-6-21(27)29/h7-10,14H,4-6,11-13,15-16H2,1-3H3,(H2,23,24,25). The van der Waals surface area contributed by atoms with Crippen LogP contribution in [-0.2, 0) is 24.4 Å². The first kappa shape index (κ1) is 20.9. The molecule has 1 fully saturated rings. The summed E-state index contributed by atoms with van der Waals surface area (Å²) in [5.74, 6) is 1.06. The highest BCUT2D eigenvalue weighted by molar-refractivity contribution is 5.79. The Labute approximate surface area is 173 Å². The van der Waals surface area contributed by atoms with Gasteiger partial charge in [-0.3, -0.25) is 14.5 Å². The van der Waals surface area contributed by atoms with Crippen molar-refractivity contribution in [2.45, 2.75) is 52.7 Å². The zero-order chi connectivity index (χ0) is 20.6. The number of nitrogens with one attached hydrogen (secondary N) is 2. The molecule has 1 aliphatic heterocycles. The van der Waals surface area contributed by atoms with Crippen molar-refractivity contribution in [2.24, 2.45) is 4.99 Å². The highest BCUT2D eigenvalue weighted by atomic mass is 16.2. The summed E-state index contributed by atoms with van der Waals surface area (Å²) in [7, 11) is 1.78. The minimum atomic E-state index is 0.267. The molecule has 1 aromatic heterocycles. The number of rotatable bonds is 8. The largest absolute Gasteiger partial charge is 0.356 e. The Balaban J connectivity index is 1.38. The zero-order valence-electron chi connectivity index (χ0n) is 17.7. The van der Waals surface area contributed by atoms with E-state index in [-0.39, 0.29) is 5.91 Å². The third kappa shape index (κ3) is 6.07. The lowest BCUT2D eigenvalue weighted by Gasteiger charge is -2.16. The fraction of sp³-hybridized carbons (Fsp3) is 0.500. The van der Waals surface area contributed by atoms with E-state index in [0.717, 1.165) is 44.1 Å². The van der Waals surface area contributed by atoms with E-state index in [1.807, 2.05) is 16.5 Å². The number of aromatic nitrogens is 2. The monoisotopic (exact) mass is 396 g/mol. The molecule has 1 amide bonds. The normalized spacial score (nSPS) is 14.5. The van der Waals surface area contributed by atoms with Crippen molar-refractivity contribution in [2.75, 3.05) is 20.1 Å². The van der Waals surface area contributed by atoms with Crippen molar-refractivity contribution in [3.63, 3.8) is 0 Å². The van der Waals surface area contributed by atoms with Crippen molar-refractivity contribution < 1.29 is 4.79 Å². The van der Waals surface area contributed by atoms with Gasteiger partial charge in [0.25, 0.3) is 0 Å². The molecule has 7 heteroatoms. The van der Waals surface area contributed by atoms with Crippen molar-refractivity contribution in [1.82, 2.24) is 25.3 Å². The highest BCUT2D eigenvalue weighted by Crippen LogP contribution is 2.14. The van der Waals surface area contributed by atoms with Crippen LogP contribution < -0.4 is 10.6 Å². The first-order valence-corrected chi connectivity index (χ1v) is 10.4. The van der Waals surface area contributed by atoms with Crippen LogP contribution in [0, 0.1) is 13.8 Å². The quantitative estimate of drug-likeness (QED) is 0.408. The molecule has 0 atom stereocenters. The van der Waals surface area contributed by atoms with Gasteiger partial charge in [-0.25, -0.2) is 0 Å². The summed E-state index contributed by atoms with van der Waals surface area (Å²) in [4.78, 5) is 18.0. The molecule has 1 aromatic carbocycles. The number of guanidine groups is 1. The minimum absolute atomic E-state index is 0.267. The van der Waals surface area contributed by atoms with Gasteiger partial charge in [0.15, 0.2) is 5.96 Å². The number of carbonyl (C=O) groups is 1. The molecule has 0 spiro atoms. The molecule has 0 bridgehead atoms. The average Bonchev–Trinajstić information content (AvgIpc) is 3.26. The summed E-state index contributed by atoms with van der Waals surface area (Å²) in [6.45, 7) is 8.13. The summed E-state index contributed by atoms with van der Waals surface area (Å²) >= 11 is 0. The third-order valence-corrected chi connectivity index (χ3v) is 5.19. The molecule has 7 nitrogen and oxygen atoms in total. The summed E-state index contributed by atoms with van der Waals surface area (Å²) < 4.78 is 2.05. The Bertz CT molecular complexity index is 839. The van der Waals surface area contributed by atoms with Crippen LogP contribution in [0.15, 0.2) is 35.3 Å². The average molecular weight is 397 g/mol. The molecule has 2 N–H and O–H groups in total.